The molecule has 1 aromatic carbocycles. The smallest absolute Gasteiger partial charge is 0.100 e. The van der Waals surface area contributed by atoms with Crippen LogP contribution in [-0.4, -0.2) is 15.0 Å². The summed E-state index contributed by atoms with van der Waals surface area (Å²) in [4.78, 5) is 0. The van der Waals surface area contributed by atoms with E-state index in [0.29, 0.717) is 12.5 Å². The highest BCUT2D eigenvalue weighted by molar-refractivity contribution is 5.40. The van der Waals surface area contributed by atoms with Crippen molar-refractivity contribution in [2.75, 3.05) is 0 Å². The number of nitrogens with zero attached hydrogens (tertiary/aromatic N) is 3. The van der Waals surface area contributed by atoms with E-state index in [0.717, 1.165) is 17.1 Å². The van der Waals surface area contributed by atoms with Crippen LogP contribution in [0.1, 0.15) is 42.3 Å². The minimum atomic E-state index is 0.347. The van der Waals surface area contributed by atoms with Gasteiger partial charge >= 0.3 is 0 Å². The molecule has 2 N–H and O–H groups in total. The van der Waals surface area contributed by atoms with Crippen LogP contribution in [0, 0.1) is 13.8 Å². The normalized spacial score (nSPS) is 11.2. The molecule has 0 radical (unpaired) electrons. The monoisotopic (exact) mass is 244 g/mol. The van der Waals surface area contributed by atoms with Crippen LogP contribution in [0.25, 0.3) is 5.69 Å². The Kier molecular flexibility index (Phi) is 3.48. The van der Waals surface area contributed by atoms with E-state index in [1.165, 1.54) is 11.1 Å². The zero-order valence-electron chi connectivity index (χ0n) is 11.4. The number of rotatable bonds is 3. The second-order valence-corrected chi connectivity index (χ2v) is 5.04. The van der Waals surface area contributed by atoms with Crippen molar-refractivity contribution in [1.82, 2.24) is 15.0 Å². The fourth-order valence-corrected chi connectivity index (χ4v) is 2.31. The predicted molar refractivity (Wildman–Crippen MR) is 72.8 cm³/mol. The Hall–Kier alpha value is -1.68. The van der Waals surface area contributed by atoms with Crippen LogP contribution < -0.4 is 5.73 Å². The van der Waals surface area contributed by atoms with E-state index in [9.17, 15) is 0 Å². The maximum absolute atomic E-state index is 5.72. The first-order chi connectivity index (χ1) is 8.52. The first-order valence-corrected chi connectivity index (χ1v) is 6.26. The molecule has 0 atom stereocenters. The van der Waals surface area contributed by atoms with Crippen LogP contribution in [0.3, 0.4) is 0 Å². The van der Waals surface area contributed by atoms with Crippen molar-refractivity contribution < 1.29 is 0 Å². The number of aryl methyl sites for hydroxylation is 2. The van der Waals surface area contributed by atoms with Crippen molar-refractivity contribution >= 4 is 0 Å². The third-order valence-electron chi connectivity index (χ3n) is 2.97. The molecule has 2 aromatic rings. The van der Waals surface area contributed by atoms with Crippen LogP contribution >= 0.6 is 0 Å². The van der Waals surface area contributed by atoms with Crippen molar-refractivity contribution in [3.05, 3.63) is 40.7 Å². The fraction of sp³-hybridized carbons (Fsp3) is 0.429. The molecule has 0 aliphatic heterocycles. The van der Waals surface area contributed by atoms with Crippen LogP contribution in [0.4, 0.5) is 0 Å². The van der Waals surface area contributed by atoms with Gasteiger partial charge in [-0.2, -0.15) is 0 Å². The van der Waals surface area contributed by atoms with Crippen LogP contribution in [0.2, 0.25) is 0 Å². The van der Waals surface area contributed by atoms with E-state index in [1.807, 2.05) is 4.68 Å². The molecule has 0 amide bonds. The van der Waals surface area contributed by atoms with Gasteiger partial charge in [0.05, 0.1) is 11.4 Å². The summed E-state index contributed by atoms with van der Waals surface area (Å²) in [5.74, 6) is 0.347. The van der Waals surface area contributed by atoms with Crippen LogP contribution in [-0.2, 0) is 6.54 Å². The lowest BCUT2D eigenvalue weighted by Gasteiger charge is -2.11. The number of benzene rings is 1. The summed E-state index contributed by atoms with van der Waals surface area (Å²) in [6.07, 6.45) is 0. The summed E-state index contributed by atoms with van der Waals surface area (Å²) in [5, 5.41) is 8.43. The van der Waals surface area contributed by atoms with Crippen molar-refractivity contribution in [1.29, 1.82) is 0 Å². The lowest BCUT2D eigenvalue weighted by Crippen LogP contribution is -2.08. The van der Waals surface area contributed by atoms with Gasteiger partial charge in [-0.15, -0.1) is 5.10 Å². The Balaban J connectivity index is 2.60. The lowest BCUT2D eigenvalue weighted by molar-refractivity contribution is 0.713. The molecule has 0 fully saturated rings. The van der Waals surface area contributed by atoms with Gasteiger partial charge in [-0.25, -0.2) is 4.68 Å². The van der Waals surface area contributed by atoms with Crippen molar-refractivity contribution in [3.63, 3.8) is 0 Å². The summed E-state index contributed by atoms with van der Waals surface area (Å²) in [7, 11) is 0. The molecule has 18 heavy (non-hydrogen) atoms. The average Bonchev–Trinajstić information content (AvgIpc) is 2.71. The maximum atomic E-state index is 5.72. The van der Waals surface area contributed by atoms with Gasteiger partial charge in [0.1, 0.15) is 5.69 Å². The predicted octanol–water partition coefficient (Wildman–Crippen LogP) is 2.47. The Morgan fingerprint density at radius 3 is 2.28 bits per heavy atom. The summed E-state index contributed by atoms with van der Waals surface area (Å²) in [6.45, 7) is 8.88. The van der Waals surface area contributed by atoms with E-state index in [-0.39, 0.29) is 0 Å². The molecule has 1 heterocycles. The molecule has 0 bridgehead atoms. The molecule has 0 spiro atoms. The highest BCUT2D eigenvalue weighted by Crippen LogP contribution is 2.22. The van der Waals surface area contributed by atoms with Gasteiger partial charge in [0.2, 0.25) is 0 Å². The zero-order valence-corrected chi connectivity index (χ0v) is 11.4. The Bertz CT molecular complexity index is 535. The third-order valence-corrected chi connectivity index (χ3v) is 2.97. The van der Waals surface area contributed by atoms with Gasteiger partial charge in [0, 0.05) is 6.54 Å². The van der Waals surface area contributed by atoms with E-state index in [1.54, 1.807) is 0 Å². The molecule has 0 aliphatic rings. The number of nitrogens with two attached hydrogens (primary N) is 1. The van der Waals surface area contributed by atoms with E-state index >= 15 is 0 Å². The van der Waals surface area contributed by atoms with E-state index in [4.69, 9.17) is 5.73 Å². The van der Waals surface area contributed by atoms with Crippen molar-refractivity contribution in [3.8, 4) is 5.69 Å². The molecule has 0 unspecified atom stereocenters. The Labute approximate surface area is 108 Å². The summed E-state index contributed by atoms with van der Waals surface area (Å²) < 4.78 is 1.91. The standard InChI is InChI=1S/C14H20N4/c1-9(2)14-13(8-15)16-17-18(14)12-6-10(3)5-11(4)7-12/h5-7,9H,8,15H2,1-4H3. The fourth-order valence-electron chi connectivity index (χ4n) is 2.31. The second-order valence-electron chi connectivity index (χ2n) is 5.04. The molecular weight excluding hydrogens is 224 g/mol. The highest BCUT2D eigenvalue weighted by Gasteiger charge is 2.16. The summed E-state index contributed by atoms with van der Waals surface area (Å²) in [6, 6.07) is 6.39. The third kappa shape index (κ3) is 2.29. The molecule has 4 heteroatoms. The molecular formula is C14H20N4. The van der Waals surface area contributed by atoms with E-state index < -0.39 is 0 Å². The lowest BCUT2D eigenvalue weighted by atomic mass is 10.1. The van der Waals surface area contributed by atoms with E-state index in [2.05, 4.69) is 56.2 Å². The number of aromatic nitrogens is 3. The quantitative estimate of drug-likeness (QED) is 0.902. The second kappa shape index (κ2) is 4.90. The van der Waals surface area contributed by atoms with Gasteiger partial charge in [-0.3, -0.25) is 0 Å². The van der Waals surface area contributed by atoms with Crippen molar-refractivity contribution in [2.24, 2.45) is 5.73 Å². The Morgan fingerprint density at radius 2 is 1.78 bits per heavy atom. The zero-order chi connectivity index (χ0) is 13.3. The largest absolute Gasteiger partial charge is 0.325 e. The van der Waals surface area contributed by atoms with Gasteiger partial charge in [0.15, 0.2) is 0 Å². The number of hydrogen-bond acceptors (Lipinski definition) is 3. The summed E-state index contributed by atoms with van der Waals surface area (Å²) in [5.41, 5.74) is 11.2. The van der Waals surface area contributed by atoms with Gasteiger partial charge in [-0.1, -0.05) is 25.1 Å². The molecule has 4 nitrogen and oxygen atoms in total. The average molecular weight is 244 g/mol. The first-order valence-electron chi connectivity index (χ1n) is 6.26. The molecule has 0 saturated carbocycles. The molecule has 2 rings (SSSR count). The SMILES string of the molecule is Cc1cc(C)cc(-n2nnc(CN)c2C(C)C)c1. The Morgan fingerprint density at radius 1 is 1.17 bits per heavy atom. The highest BCUT2D eigenvalue weighted by atomic mass is 15.4. The topological polar surface area (TPSA) is 56.7 Å². The van der Waals surface area contributed by atoms with Crippen molar-refractivity contribution in [2.45, 2.75) is 40.2 Å². The molecule has 0 saturated heterocycles. The number of hydrogen-bond donors (Lipinski definition) is 1. The first kappa shape index (κ1) is 12.8. The minimum Gasteiger partial charge on any atom is -0.325 e. The van der Waals surface area contributed by atoms with Gasteiger partial charge in [-0.05, 0) is 43.0 Å². The summed E-state index contributed by atoms with van der Waals surface area (Å²) >= 11 is 0. The van der Waals surface area contributed by atoms with Crippen LogP contribution in [0.15, 0.2) is 18.2 Å². The maximum Gasteiger partial charge on any atom is 0.100 e. The van der Waals surface area contributed by atoms with Crippen LogP contribution in [0.5, 0.6) is 0 Å². The van der Waals surface area contributed by atoms with Gasteiger partial charge in [0.25, 0.3) is 0 Å². The van der Waals surface area contributed by atoms with Gasteiger partial charge < -0.3 is 5.73 Å². The minimum absolute atomic E-state index is 0.347. The molecule has 0 aliphatic carbocycles. The molecule has 96 valence electrons. The molecule has 1 aromatic heterocycles.